The monoisotopic (exact) mass is 567 g/mol. The van der Waals surface area contributed by atoms with E-state index in [1.54, 1.807) is 4.90 Å². The van der Waals surface area contributed by atoms with Crippen molar-refractivity contribution in [2.24, 2.45) is 5.92 Å². The largest absolute Gasteiger partial charge is 0.481 e. The number of carbonyl (C=O) groups is 3. The summed E-state index contributed by atoms with van der Waals surface area (Å²) in [5.41, 5.74) is 4.70. The van der Waals surface area contributed by atoms with Crippen molar-refractivity contribution in [3.63, 3.8) is 0 Å². The number of amides is 2. The fourth-order valence-corrected chi connectivity index (χ4v) is 6.79. The molecule has 3 aromatic carbocycles. The van der Waals surface area contributed by atoms with Crippen molar-refractivity contribution in [3.8, 4) is 11.1 Å². The van der Waals surface area contributed by atoms with Crippen molar-refractivity contribution in [3.05, 3.63) is 95.6 Å². The van der Waals surface area contributed by atoms with Crippen molar-refractivity contribution >= 4 is 18.0 Å². The molecule has 0 radical (unpaired) electrons. The summed E-state index contributed by atoms with van der Waals surface area (Å²) in [4.78, 5) is 42.2. The molecule has 0 saturated carbocycles. The number of nitrogens with zero attached hydrogens (tertiary/aromatic N) is 2. The number of alkyl carbamates (subject to hydrolysis) is 1. The van der Waals surface area contributed by atoms with E-state index in [0.717, 1.165) is 34.2 Å². The molecule has 2 amide bonds. The van der Waals surface area contributed by atoms with Gasteiger partial charge in [-0.15, -0.1) is 0 Å². The van der Waals surface area contributed by atoms with Crippen molar-refractivity contribution in [2.75, 3.05) is 32.8 Å². The zero-order chi connectivity index (χ0) is 29.1. The molecule has 2 fully saturated rings. The summed E-state index contributed by atoms with van der Waals surface area (Å²) in [5.74, 6) is -0.643. The molecule has 8 nitrogen and oxygen atoms in total. The lowest BCUT2D eigenvalue weighted by atomic mass is 9.89. The van der Waals surface area contributed by atoms with Crippen LogP contribution >= 0.6 is 0 Å². The predicted molar refractivity (Wildman–Crippen MR) is 159 cm³/mol. The number of carbonyl (C=O) groups excluding carboxylic acids is 2. The second-order valence-electron chi connectivity index (χ2n) is 11.8. The van der Waals surface area contributed by atoms with Crippen LogP contribution in [0.1, 0.15) is 48.3 Å². The van der Waals surface area contributed by atoms with E-state index in [9.17, 15) is 14.4 Å². The van der Waals surface area contributed by atoms with Crippen LogP contribution in [0.5, 0.6) is 0 Å². The van der Waals surface area contributed by atoms with Gasteiger partial charge in [-0.3, -0.25) is 14.5 Å². The highest BCUT2D eigenvalue weighted by atomic mass is 16.5. The third-order valence-electron chi connectivity index (χ3n) is 8.94. The number of carboxylic acid groups (broad SMARTS) is 1. The quantitative estimate of drug-likeness (QED) is 0.362. The predicted octanol–water partition coefficient (Wildman–Crippen LogP) is 4.88. The molecule has 2 heterocycles. The first kappa shape index (κ1) is 28.0. The summed E-state index contributed by atoms with van der Waals surface area (Å²) in [5, 5.41) is 12.0. The minimum absolute atomic E-state index is 0.0603. The average Bonchev–Trinajstić information content (AvgIpc) is 3.52. The lowest BCUT2D eigenvalue weighted by Gasteiger charge is -2.44. The topological polar surface area (TPSA) is 99.2 Å². The summed E-state index contributed by atoms with van der Waals surface area (Å²) in [6.07, 6.45) is 1.46. The molecule has 2 aliphatic heterocycles. The number of carboxylic acids is 1. The van der Waals surface area contributed by atoms with Gasteiger partial charge >= 0.3 is 12.1 Å². The Morgan fingerprint density at radius 2 is 1.55 bits per heavy atom. The van der Waals surface area contributed by atoms with E-state index in [1.165, 1.54) is 0 Å². The molecule has 0 bridgehead atoms. The van der Waals surface area contributed by atoms with Crippen molar-refractivity contribution in [1.82, 2.24) is 15.1 Å². The number of fused-ring (bicyclic) bond motifs is 3. The van der Waals surface area contributed by atoms with E-state index >= 15 is 0 Å². The van der Waals surface area contributed by atoms with Gasteiger partial charge in [-0.25, -0.2) is 4.79 Å². The van der Waals surface area contributed by atoms with Gasteiger partial charge in [-0.2, -0.15) is 0 Å². The van der Waals surface area contributed by atoms with E-state index in [1.807, 2.05) is 42.5 Å². The van der Waals surface area contributed by atoms with E-state index in [0.29, 0.717) is 51.5 Å². The summed E-state index contributed by atoms with van der Waals surface area (Å²) in [6, 6.07) is 26.6. The maximum Gasteiger partial charge on any atom is 0.408 e. The maximum atomic E-state index is 13.9. The zero-order valence-electron chi connectivity index (χ0n) is 23.7. The van der Waals surface area contributed by atoms with Gasteiger partial charge in [-0.1, -0.05) is 78.9 Å². The second kappa shape index (κ2) is 12.0. The molecule has 0 aromatic heterocycles. The summed E-state index contributed by atoms with van der Waals surface area (Å²) in [6.45, 7) is 3.15. The molecule has 6 rings (SSSR count). The molecule has 42 heavy (non-hydrogen) atoms. The summed E-state index contributed by atoms with van der Waals surface area (Å²) < 4.78 is 5.86. The Morgan fingerprint density at radius 1 is 0.905 bits per heavy atom. The number of ether oxygens (including phenoxy) is 1. The molecule has 8 heteroatoms. The van der Waals surface area contributed by atoms with Gasteiger partial charge in [0.25, 0.3) is 0 Å². The van der Waals surface area contributed by atoms with Gasteiger partial charge < -0.3 is 20.1 Å². The highest BCUT2D eigenvalue weighted by molar-refractivity contribution is 5.91. The summed E-state index contributed by atoms with van der Waals surface area (Å²) in [7, 11) is 0. The van der Waals surface area contributed by atoms with Crippen molar-refractivity contribution in [2.45, 2.75) is 43.7 Å². The molecule has 1 aliphatic carbocycles. The molecule has 2 N–H and O–H groups in total. The minimum atomic E-state index is -1.07. The van der Waals surface area contributed by atoms with E-state index in [2.05, 4.69) is 46.6 Å². The van der Waals surface area contributed by atoms with Crippen LogP contribution in [0.3, 0.4) is 0 Å². The second-order valence-corrected chi connectivity index (χ2v) is 11.8. The van der Waals surface area contributed by atoms with Crippen molar-refractivity contribution < 1.29 is 24.2 Å². The molecule has 2 saturated heterocycles. The first-order valence-corrected chi connectivity index (χ1v) is 14.8. The number of benzene rings is 3. The van der Waals surface area contributed by atoms with E-state index < -0.39 is 17.6 Å². The fraction of sp³-hybridized carbons (Fsp3) is 0.382. The van der Waals surface area contributed by atoms with Gasteiger partial charge in [-0.05, 0) is 53.0 Å². The Morgan fingerprint density at radius 3 is 2.21 bits per heavy atom. The van der Waals surface area contributed by atoms with Gasteiger partial charge in [0.15, 0.2) is 0 Å². The number of hydrogen-bond donors (Lipinski definition) is 2. The van der Waals surface area contributed by atoms with Crippen LogP contribution in [0.4, 0.5) is 4.79 Å². The van der Waals surface area contributed by atoms with Crippen LogP contribution in [0, 0.1) is 5.92 Å². The van der Waals surface area contributed by atoms with Crippen LogP contribution in [0.25, 0.3) is 11.1 Å². The van der Waals surface area contributed by atoms with Crippen LogP contribution < -0.4 is 5.32 Å². The average molecular weight is 568 g/mol. The third-order valence-corrected chi connectivity index (χ3v) is 8.94. The standard InChI is InChI=1S/C34H37N3O5/c38-31(39)16-8-11-25-20-37(21-25)32(40)34(17-18-36(23-34)19-24-9-2-1-3-10-24)35-33(41)42-22-30-28-14-6-4-12-26(28)27-13-5-7-15-29(27)30/h1-7,9-10,12-15,25,30H,8,11,16-23H2,(H,35,41)(H,38,39). The number of likely N-dealkylation sites (tertiary alicyclic amines) is 2. The third kappa shape index (κ3) is 5.77. The van der Waals surface area contributed by atoms with Crippen LogP contribution in [-0.4, -0.2) is 71.2 Å². The maximum absolute atomic E-state index is 13.9. The molecule has 3 aliphatic rings. The highest BCUT2D eigenvalue weighted by Crippen LogP contribution is 2.44. The molecule has 1 unspecified atom stereocenters. The first-order chi connectivity index (χ1) is 20.4. The SMILES string of the molecule is O=C(O)CCCC1CN(C(=O)C2(NC(=O)OCC3c4ccccc4-c4ccccc43)CCN(Cc3ccccc3)C2)C1. The Hall–Kier alpha value is -4.17. The normalized spacial score (nSPS) is 20.0. The minimum Gasteiger partial charge on any atom is -0.481 e. The van der Waals surface area contributed by atoms with Crippen molar-refractivity contribution in [1.29, 1.82) is 0 Å². The zero-order valence-corrected chi connectivity index (χ0v) is 23.7. The molecular formula is C34H37N3O5. The number of hydrogen-bond acceptors (Lipinski definition) is 5. The molecule has 0 spiro atoms. The number of rotatable bonds is 10. The van der Waals surface area contributed by atoms with E-state index in [4.69, 9.17) is 9.84 Å². The number of aliphatic carboxylic acids is 1. The molecule has 218 valence electrons. The highest BCUT2D eigenvalue weighted by Gasteiger charge is 2.50. The van der Waals surface area contributed by atoms with Gasteiger partial charge in [0.05, 0.1) is 0 Å². The first-order valence-electron chi connectivity index (χ1n) is 14.8. The Balaban J connectivity index is 1.13. The lowest BCUT2D eigenvalue weighted by molar-refractivity contribution is -0.145. The van der Waals surface area contributed by atoms with Crippen LogP contribution in [0.15, 0.2) is 78.9 Å². The molecular weight excluding hydrogens is 530 g/mol. The molecule has 3 aromatic rings. The lowest BCUT2D eigenvalue weighted by Crippen LogP contribution is -2.65. The van der Waals surface area contributed by atoms with Crippen LogP contribution in [0.2, 0.25) is 0 Å². The summed E-state index contributed by atoms with van der Waals surface area (Å²) >= 11 is 0. The van der Waals surface area contributed by atoms with E-state index in [-0.39, 0.29) is 24.9 Å². The fourth-order valence-electron chi connectivity index (χ4n) is 6.79. The number of nitrogens with one attached hydrogen (secondary N) is 1. The Bertz CT molecular complexity index is 1410. The Kier molecular flexibility index (Phi) is 7.98. The van der Waals surface area contributed by atoms with Crippen LogP contribution in [-0.2, 0) is 20.9 Å². The van der Waals surface area contributed by atoms with Gasteiger partial charge in [0.1, 0.15) is 12.1 Å². The smallest absolute Gasteiger partial charge is 0.408 e. The molecule has 1 atom stereocenters. The Labute approximate surface area is 246 Å². The van der Waals surface area contributed by atoms with Gasteiger partial charge in [0, 0.05) is 45.1 Å². The van der Waals surface area contributed by atoms with Gasteiger partial charge in [0.2, 0.25) is 5.91 Å².